The Balaban J connectivity index is 1.63. The molecule has 0 heterocycles. The van der Waals surface area contributed by atoms with Crippen molar-refractivity contribution in [3.63, 3.8) is 0 Å². The summed E-state index contributed by atoms with van der Waals surface area (Å²) in [5.41, 5.74) is 2.52. The molecule has 2 aromatic carbocycles. The quantitative estimate of drug-likeness (QED) is 0.304. The van der Waals surface area contributed by atoms with Crippen LogP contribution < -0.4 is 4.74 Å². The number of benzene rings is 2. The van der Waals surface area contributed by atoms with E-state index in [0.29, 0.717) is 12.4 Å². The SMILES string of the molecule is CCCCCCc1ccc(OC(=O)OCCCc2ccccc2)cc1. The minimum Gasteiger partial charge on any atom is -0.434 e. The second-order valence-corrected chi connectivity index (χ2v) is 6.24. The molecule has 0 aromatic heterocycles. The second-order valence-electron chi connectivity index (χ2n) is 6.24. The van der Waals surface area contributed by atoms with Gasteiger partial charge in [-0.25, -0.2) is 4.79 Å². The van der Waals surface area contributed by atoms with E-state index in [1.54, 1.807) is 0 Å². The Bertz CT molecular complexity index is 605. The molecule has 0 bridgehead atoms. The lowest BCUT2D eigenvalue weighted by Crippen LogP contribution is -2.11. The van der Waals surface area contributed by atoms with Crippen LogP contribution in [0, 0.1) is 0 Å². The fourth-order valence-electron chi connectivity index (χ4n) is 2.68. The number of aryl methyl sites for hydroxylation is 2. The smallest absolute Gasteiger partial charge is 0.434 e. The van der Waals surface area contributed by atoms with E-state index < -0.39 is 6.16 Å². The summed E-state index contributed by atoms with van der Waals surface area (Å²) in [5, 5.41) is 0. The maximum absolute atomic E-state index is 11.7. The maximum Gasteiger partial charge on any atom is 0.513 e. The van der Waals surface area contributed by atoms with E-state index in [4.69, 9.17) is 9.47 Å². The normalized spacial score (nSPS) is 10.4. The molecule has 0 aliphatic rings. The number of unbranched alkanes of at least 4 members (excludes halogenated alkanes) is 3. The van der Waals surface area contributed by atoms with Crippen LogP contribution in [0.4, 0.5) is 4.79 Å². The first-order chi connectivity index (χ1) is 12.3. The van der Waals surface area contributed by atoms with Gasteiger partial charge in [-0.15, -0.1) is 0 Å². The molecule has 2 rings (SSSR count). The van der Waals surface area contributed by atoms with Crippen molar-refractivity contribution in [3.05, 3.63) is 65.7 Å². The Morgan fingerprint density at radius 3 is 2.20 bits per heavy atom. The van der Waals surface area contributed by atoms with E-state index in [2.05, 4.69) is 19.1 Å². The Kier molecular flexibility index (Phi) is 8.60. The standard InChI is InChI=1S/C22H28O3/c1-2-3-4-6-12-20-14-16-21(17-15-20)25-22(23)24-18-9-13-19-10-7-5-8-11-19/h5,7-8,10-11,14-17H,2-4,6,9,12-13,18H2,1H3. The van der Waals surface area contributed by atoms with Crippen molar-refractivity contribution in [2.45, 2.75) is 51.9 Å². The lowest BCUT2D eigenvalue weighted by atomic mass is 10.1. The highest BCUT2D eigenvalue weighted by molar-refractivity contribution is 5.63. The van der Waals surface area contributed by atoms with Crippen molar-refractivity contribution in [1.29, 1.82) is 0 Å². The lowest BCUT2D eigenvalue weighted by Gasteiger charge is -2.07. The molecule has 134 valence electrons. The summed E-state index contributed by atoms with van der Waals surface area (Å²) in [6.45, 7) is 2.58. The third-order valence-electron chi connectivity index (χ3n) is 4.12. The molecule has 3 heteroatoms. The minimum absolute atomic E-state index is 0.364. The van der Waals surface area contributed by atoms with Crippen LogP contribution in [0.15, 0.2) is 54.6 Å². The number of carbonyl (C=O) groups is 1. The third kappa shape index (κ3) is 7.88. The Hall–Kier alpha value is -2.29. The molecule has 0 fully saturated rings. The van der Waals surface area contributed by atoms with Crippen LogP contribution in [-0.2, 0) is 17.6 Å². The molecule has 0 saturated heterocycles. The van der Waals surface area contributed by atoms with Crippen LogP contribution in [0.5, 0.6) is 5.75 Å². The van der Waals surface area contributed by atoms with Gasteiger partial charge in [0.25, 0.3) is 0 Å². The van der Waals surface area contributed by atoms with E-state index in [0.717, 1.165) is 19.3 Å². The van der Waals surface area contributed by atoms with Gasteiger partial charge in [0, 0.05) is 0 Å². The topological polar surface area (TPSA) is 35.5 Å². The first kappa shape index (κ1) is 19.0. The van der Waals surface area contributed by atoms with E-state index in [1.807, 2.05) is 42.5 Å². The molecule has 25 heavy (non-hydrogen) atoms. The van der Waals surface area contributed by atoms with Crippen molar-refractivity contribution in [2.75, 3.05) is 6.61 Å². The van der Waals surface area contributed by atoms with Crippen LogP contribution in [0.2, 0.25) is 0 Å². The summed E-state index contributed by atoms with van der Waals surface area (Å²) < 4.78 is 10.3. The lowest BCUT2D eigenvalue weighted by molar-refractivity contribution is 0.0980. The van der Waals surface area contributed by atoms with Gasteiger partial charge >= 0.3 is 6.16 Å². The molecule has 0 aliphatic heterocycles. The molecule has 2 aromatic rings. The summed E-state index contributed by atoms with van der Waals surface area (Å²) in [4.78, 5) is 11.7. The monoisotopic (exact) mass is 340 g/mol. The average Bonchev–Trinajstić information content (AvgIpc) is 2.65. The number of hydrogen-bond acceptors (Lipinski definition) is 3. The number of carbonyl (C=O) groups excluding carboxylic acids is 1. The van der Waals surface area contributed by atoms with E-state index >= 15 is 0 Å². The van der Waals surface area contributed by atoms with Crippen molar-refractivity contribution in [3.8, 4) is 5.75 Å². The predicted octanol–water partition coefficient (Wildman–Crippen LogP) is 5.96. The fourth-order valence-corrected chi connectivity index (χ4v) is 2.68. The zero-order valence-electron chi connectivity index (χ0n) is 15.1. The summed E-state index contributed by atoms with van der Waals surface area (Å²) in [5.74, 6) is 0.533. The molecule has 0 radical (unpaired) electrons. The van der Waals surface area contributed by atoms with Gasteiger partial charge in [0.05, 0.1) is 6.61 Å². The average molecular weight is 340 g/mol. The number of ether oxygens (including phenoxy) is 2. The number of rotatable bonds is 10. The van der Waals surface area contributed by atoms with Gasteiger partial charge in [-0.2, -0.15) is 0 Å². The van der Waals surface area contributed by atoms with Gasteiger partial charge in [-0.3, -0.25) is 0 Å². The van der Waals surface area contributed by atoms with Gasteiger partial charge in [0.1, 0.15) is 5.75 Å². The molecule has 0 N–H and O–H groups in total. The molecule has 0 aliphatic carbocycles. The van der Waals surface area contributed by atoms with Crippen LogP contribution in [0.1, 0.15) is 50.2 Å². The first-order valence-corrected chi connectivity index (χ1v) is 9.25. The van der Waals surface area contributed by atoms with Crippen LogP contribution in [0.3, 0.4) is 0 Å². The Labute approximate surface area is 151 Å². The van der Waals surface area contributed by atoms with E-state index in [9.17, 15) is 4.79 Å². The van der Waals surface area contributed by atoms with Crippen LogP contribution >= 0.6 is 0 Å². The highest BCUT2D eigenvalue weighted by atomic mass is 16.7. The fraction of sp³-hybridized carbons (Fsp3) is 0.409. The molecular formula is C22H28O3. The molecule has 3 nitrogen and oxygen atoms in total. The van der Waals surface area contributed by atoms with Gasteiger partial charge in [0.2, 0.25) is 0 Å². The summed E-state index contributed by atoms with van der Waals surface area (Å²) in [6, 6.07) is 17.9. The predicted molar refractivity (Wildman–Crippen MR) is 101 cm³/mol. The molecule has 0 atom stereocenters. The van der Waals surface area contributed by atoms with Crippen LogP contribution in [-0.4, -0.2) is 12.8 Å². The Morgan fingerprint density at radius 2 is 1.48 bits per heavy atom. The van der Waals surface area contributed by atoms with E-state index in [-0.39, 0.29) is 0 Å². The molecule has 0 amide bonds. The molecule has 0 saturated carbocycles. The van der Waals surface area contributed by atoms with Gasteiger partial charge in [-0.05, 0) is 48.9 Å². The molecule has 0 unspecified atom stereocenters. The zero-order chi connectivity index (χ0) is 17.7. The van der Waals surface area contributed by atoms with E-state index in [1.165, 1.54) is 36.8 Å². The zero-order valence-corrected chi connectivity index (χ0v) is 15.1. The highest BCUT2D eigenvalue weighted by Gasteiger charge is 2.06. The molecular weight excluding hydrogens is 312 g/mol. The maximum atomic E-state index is 11.7. The van der Waals surface area contributed by atoms with Crippen molar-refractivity contribution < 1.29 is 14.3 Å². The van der Waals surface area contributed by atoms with Crippen molar-refractivity contribution in [2.24, 2.45) is 0 Å². The number of hydrogen-bond donors (Lipinski definition) is 0. The largest absolute Gasteiger partial charge is 0.513 e. The Morgan fingerprint density at radius 1 is 0.800 bits per heavy atom. The second kappa shape index (κ2) is 11.3. The minimum atomic E-state index is -0.635. The molecule has 0 spiro atoms. The first-order valence-electron chi connectivity index (χ1n) is 9.25. The van der Waals surface area contributed by atoms with Gasteiger partial charge in [-0.1, -0.05) is 68.7 Å². The third-order valence-corrected chi connectivity index (χ3v) is 4.12. The highest BCUT2D eigenvalue weighted by Crippen LogP contribution is 2.15. The van der Waals surface area contributed by atoms with Crippen molar-refractivity contribution in [1.82, 2.24) is 0 Å². The van der Waals surface area contributed by atoms with Gasteiger partial charge in [0.15, 0.2) is 0 Å². The summed E-state index contributed by atoms with van der Waals surface area (Å²) in [6.07, 6.45) is 7.13. The summed E-state index contributed by atoms with van der Waals surface area (Å²) in [7, 11) is 0. The van der Waals surface area contributed by atoms with Crippen molar-refractivity contribution >= 4 is 6.16 Å². The van der Waals surface area contributed by atoms with Gasteiger partial charge < -0.3 is 9.47 Å². The van der Waals surface area contributed by atoms with Crippen LogP contribution in [0.25, 0.3) is 0 Å². The summed E-state index contributed by atoms with van der Waals surface area (Å²) >= 11 is 0.